The average molecular weight is 836 g/mol. The Morgan fingerprint density at radius 3 is 2.25 bits per heavy atom. The minimum Gasteiger partial charge on any atom is -0.481 e. The molecule has 2 N–H and O–H groups in total. The van der Waals surface area contributed by atoms with E-state index in [4.69, 9.17) is 14.5 Å². The number of aliphatic carboxylic acids is 1. The Bertz CT molecular complexity index is 2080. The molecule has 9 nitrogen and oxygen atoms in total. The summed E-state index contributed by atoms with van der Waals surface area (Å²) in [4.78, 5) is 52.0. The highest BCUT2D eigenvalue weighted by Gasteiger charge is 2.73. The van der Waals surface area contributed by atoms with Crippen molar-refractivity contribution in [1.82, 2.24) is 14.9 Å². The predicted octanol–water partition coefficient (Wildman–Crippen LogP) is 10.7. The second-order valence-corrected chi connectivity index (χ2v) is 23.2. The number of carboxylic acids is 1. The van der Waals surface area contributed by atoms with E-state index in [0.29, 0.717) is 42.5 Å². The number of H-pyrrole nitrogens is 1. The number of nitrogens with one attached hydrogen (secondary N) is 1. The molecule has 14 atom stereocenters. The van der Waals surface area contributed by atoms with Gasteiger partial charge in [-0.25, -0.2) is 4.98 Å². The van der Waals surface area contributed by atoms with Crippen LogP contribution in [0.2, 0.25) is 0 Å². The number of carbonyl (C=O) groups excluding carboxylic acids is 2. The summed E-state index contributed by atoms with van der Waals surface area (Å²) in [5.41, 5.74) is 2.34. The third-order valence-electron chi connectivity index (χ3n) is 20.4. The molecule has 1 aromatic carbocycles. The van der Waals surface area contributed by atoms with Crippen molar-refractivity contribution < 1.29 is 29.0 Å². The van der Waals surface area contributed by atoms with Crippen LogP contribution in [0.5, 0.6) is 0 Å². The standard InChI is InChI=1S/C52H73N3O6/c1-30(2)33-18-23-52(46(59)55-29-32(60-10)26-38(55)43-53-28-37(54-43)31-14-12-11-13-15-31)25-24-50(8)34(42(33)52)16-17-40-49(7)21-20-41(48(5,6)39(49)19-22-51(40,50)9)61-45(58)36-27-35(44(56)57)47(36,3)4/h11-15,28,32-36,38-42H,1,16-27,29H2,2-10H3,(H,53,54)(H,56,57)/t32-,33+,34-,35+,36-,38+,39+,40-,41+,42-,49+,50-,51-,52+/m1/s1. The molecule has 1 amide bonds. The van der Waals surface area contributed by atoms with Crippen LogP contribution >= 0.6 is 0 Å². The number of carbonyl (C=O) groups is 3. The number of aromatic amines is 1. The summed E-state index contributed by atoms with van der Waals surface area (Å²) in [5, 5.41) is 9.72. The summed E-state index contributed by atoms with van der Waals surface area (Å²) in [6.07, 6.45) is 13.1. The molecule has 1 aromatic heterocycles. The summed E-state index contributed by atoms with van der Waals surface area (Å²) in [5.74, 6) is 1.20. The lowest BCUT2D eigenvalue weighted by molar-refractivity contribution is -0.251. The molecule has 9 heteroatoms. The molecule has 61 heavy (non-hydrogen) atoms. The molecule has 1 aliphatic heterocycles. The van der Waals surface area contributed by atoms with Crippen LogP contribution in [0, 0.1) is 73.9 Å². The average Bonchev–Trinajstić information content (AvgIpc) is 3.97. The molecule has 1 saturated heterocycles. The van der Waals surface area contributed by atoms with E-state index in [1.54, 1.807) is 7.11 Å². The molecule has 6 saturated carbocycles. The van der Waals surface area contributed by atoms with Gasteiger partial charge in [-0.1, -0.05) is 91.0 Å². The van der Waals surface area contributed by atoms with Gasteiger partial charge in [-0.3, -0.25) is 14.4 Å². The fraction of sp³-hybridized carbons (Fsp3) is 0.731. The van der Waals surface area contributed by atoms with Crippen molar-refractivity contribution in [2.24, 2.45) is 73.9 Å². The van der Waals surface area contributed by atoms with E-state index in [-0.39, 0.29) is 57.7 Å². The zero-order valence-electron chi connectivity index (χ0n) is 38.5. The van der Waals surface area contributed by atoms with Crippen LogP contribution < -0.4 is 0 Å². The number of nitrogens with zero attached hydrogens (tertiary/aromatic N) is 2. The molecule has 6 aliphatic carbocycles. The van der Waals surface area contributed by atoms with Crippen LogP contribution in [0.4, 0.5) is 0 Å². The number of likely N-dealkylation sites (tertiary alicyclic amines) is 1. The number of amides is 1. The molecule has 2 heterocycles. The lowest BCUT2D eigenvalue weighted by atomic mass is 9.32. The molecule has 332 valence electrons. The van der Waals surface area contributed by atoms with Gasteiger partial charge in [-0.2, -0.15) is 0 Å². The topological polar surface area (TPSA) is 122 Å². The van der Waals surface area contributed by atoms with Crippen molar-refractivity contribution in [3.05, 3.63) is 54.5 Å². The van der Waals surface area contributed by atoms with Gasteiger partial charge in [0.25, 0.3) is 0 Å². The number of aromatic nitrogens is 2. The Morgan fingerprint density at radius 1 is 0.836 bits per heavy atom. The number of carboxylic acid groups (broad SMARTS) is 1. The molecule has 9 rings (SSSR count). The lowest BCUT2D eigenvalue weighted by Crippen LogP contribution is -2.67. The van der Waals surface area contributed by atoms with E-state index >= 15 is 4.79 Å². The molecule has 0 unspecified atom stereocenters. The number of rotatable bonds is 8. The summed E-state index contributed by atoms with van der Waals surface area (Å²) in [6.45, 7) is 23.8. The van der Waals surface area contributed by atoms with Crippen LogP contribution in [-0.4, -0.2) is 63.7 Å². The van der Waals surface area contributed by atoms with Gasteiger partial charge in [0.1, 0.15) is 11.9 Å². The minimum atomic E-state index is -0.821. The maximum absolute atomic E-state index is 15.7. The summed E-state index contributed by atoms with van der Waals surface area (Å²) < 4.78 is 12.5. The second-order valence-electron chi connectivity index (χ2n) is 23.2. The van der Waals surface area contributed by atoms with Crippen molar-refractivity contribution in [2.45, 2.75) is 151 Å². The first-order chi connectivity index (χ1) is 28.7. The van der Waals surface area contributed by atoms with Crippen LogP contribution in [0.3, 0.4) is 0 Å². The van der Waals surface area contributed by atoms with E-state index in [1.807, 2.05) is 38.2 Å². The van der Waals surface area contributed by atoms with E-state index in [1.165, 1.54) is 5.57 Å². The number of esters is 1. The first kappa shape index (κ1) is 42.8. The molecule has 0 radical (unpaired) electrons. The highest BCUT2D eigenvalue weighted by Crippen LogP contribution is 2.78. The summed E-state index contributed by atoms with van der Waals surface area (Å²) in [7, 11) is 1.77. The lowest BCUT2D eigenvalue weighted by Gasteiger charge is -2.73. The Labute approximate surface area is 364 Å². The minimum absolute atomic E-state index is 0.0382. The number of allylic oxidation sites excluding steroid dienone is 1. The maximum Gasteiger partial charge on any atom is 0.309 e. The monoisotopic (exact) mass is 836 g/mol. The number of methoxy groups -OCH3 is 1. The van der Waals surface area contributed by atoms with Crippen molar-refractivity contribution in [3.63, 3.8) is 0 Å². The molecular weight excluding hydrogens is 763 g/mol. The van der Waals surface area contributed by atoms with Crippen molar-refractivity contribution >= 4 is 17.8 Å². The van der Waals surface area contributed by atoms with Crippen LogP contribution in [-0.2, 0) is 23.9 Å². The third kappa shape index (κ3) is 6.06. The first-order valence-corrected chi connectivity index (χ1v) is 23.8. The van der Waals surface area contributed by atoms with E-state index in [2.05, 4.69) is 70.1 Å². The zero-order chi connectivity index (χ0) is 43.7. The van der Waals surface area contributed by atoms with Gasteiger partial charge in [0.15, 0.2) is 0 Å². The fourth-order valence-electron chi connectivity index (χ4n) is 16.7. The van der Waals surface area contributed by atoms with E-state index in [0.717, 1.165) is 87.7 Å². The molecule has 0 bridgehead atoms. The number of ether oxygens (including phenoxy) is 2. The van der Waals surface area contributed by atoms with E-state index < -0.39 is 22.7 Å². The normalized spacial score (nSPS) is 43.2. The quantitative estimate of drug-likeness (QED) is 0.201. The highest BCUT2D eigenvalue weighted by molar-refractivity contribution is 5.85. The van der Waals surface area contributed by atoms with Crippen LogP contribution in [0.15, 0.2) is 48.7 Å². The van der Waals surface area contributed by atoms with Crippen molar-refractivity contribution in [1.29, 1.82) is 0 Å². The number of imidazole rings is 1. The van der Waals surface area contributed by atoms with Crippen molar-refractivity contribution in [3.8, 4) is 11.3 Å². The summed E-state index contributed by atoms with van der Waals surface area (Å²) >= 11 is 0. The molecule has 2 aromatic rings. The number of benzene rings is 1. The Kier molecular flexibility index (Phi) is 10.2. The van der Waals surface area contributed by atoms with Crippen LogP contribution in [0.1, 0.15) is 144 Å². The number of hydrogen-bond donors (Lipinski definition) is 2. The number of hydrogen-bond acceptors (Lipinski definition) is 6. The molecule has 0 spiro atoms. The second kappa shape index (κ2) is 14.5. The summed E-state index contributed by atoms with van der Waals surface area (Å²) in [6, 6.07) is 10.1. The predicted molar refractivity (Wildman–Crippen MR) is 236 cm³/mol. The largest absolute Gasteiger partial charge is 0.481 e. The molecular formula is C52H73N3O6. The van der Waals surface area contributed by atoms with E-state index in [9.17, 15) is 14.7 Å². The van der Waals surface area contributed by atoms with Gasteiger partial charge in [0, 0.05) is 25.5 Å². The zero-order valence-corrected chi connectivity index (χ0v) is 38.5. The third-order valence-corrected chi connectivity index (χ3v) is 20.4. The fourth-order valence-corrected chi connectivity index (χ4v) is 16.7. The first-order valence-electron chi connectivity index (χ1n) is 23.8. The highest BCUT2D eigenvalue weighted by atomic mass is 16.5. The number of fused-ring (bicyclic) bond motifs is 7. The smallest absolute Gasteiger partial charge is 0.309 e. The Balaban J connectivity index is 0.981. The van der Waals surface area contributed by atoms with Gasteiger partial charge >= 0.3 is 11.9 Å². The van der Waals surface area contributed by atoms with Crippen molar-refractivity contribution in [2.75, 3.05) is 13.7 Å². The van der Waals surface area contributed by atoms with Crippen LogP contribution in [0.25, 0.3) is 11.3 Å². The molecule has 7 aliphatic rings. The van der Waals surface area contributed by atoms with Gasteiger partial charge in [-0.15, -0.1) is 0 Å². The maximum atomic E-state index is 15.7. The molecule has 7 fully saturated rings. The Hall–Kier alpha value is -3.46. The SMILES string of the molecule is C=C(C)[C@@H]1CC[C@]2(C(=O)N3C[C@H](OC)C[C@H]3c3ncc(-c4ccccc4)[nH]3)CC[C@]3(C)[C@H](CC[C@@H]4[C@@]5(C)CC[C@H](OC(=O)[C@H]6C[C@@H](C(=O)O)C6(C)C)C(C)(C)[C@@H]5CC[C@]43C)[C@@H]12. The van der Waals surface area contributed by atoms with Gasteiger partial charge in [-0.05, 0) is 134 Å². The Morgan fingerprint density at radius 2 is 1.57 bits per heavy atom. The van der Waals surface area contributed by atoms with Gasteiger partial charge in [0.2, 0.25) is 5.91 Å². The van der Waals surface area contributed by atoms with Gasteiger partial charge in [0.05, 0.1) is 41.3 Å². The van der Waals surface area contributed by atoms with Gasteiger partial charge < -0.3 is 24.5 Å².